The zero-order valence-electron chi connectivity index (χ0n) is 14.8. The Morgan fingerprint density at radius 2 is 1.93 bits per heavy atom. The normalized spacial score (nSPS) is 12.1. The Bertz CT molecular complexity index is 1340. The zero-order chi connectivity index (χ0) is 19.9. The number of benzene rings is 2. The summed E-state index contributed by atoms with van der Waals surface area (Å²) in [5.41, 5.74) is 1.43. The van der Waals surface area contributed by atoms with Gasteiger partial charge in [-0.3, -0.25) is 0 Å². The monoisotopic (exact) mass is 417 g/mol. The molecule has 4 aromatic rings. The van der Waals surface area contributed by atoms with Crippen molar-refractivity contribution in [1.82, 2.24) is 14.3 Å². The number of fused-ring (bicyclic) bond motifs is 3. The van der Waals surface area contributed by atoms with Crippen molar-refractivity contribution in [2.45, 2.75) is 11.3 Å². The lowest BCUT2D eigenvalue weighted by Crippen LogP contribution is -2.26. The second-order valence-electron chi connectivity index (χ2n) is 6.37. The van der Waals surface area contributed by atoms with Crippen molar-refractivity contribution in [2.75, 3.05) is 6.54 Å². The van der Waals surface area contributed by atoms with Gasteiger partial charge in [0, 0.05) is 24.0 Å². The Hall–Kier alpha value is -2.68. The van der Waals surface area contributed by atoms with E-state index in [1.54, 1.807) is 23.7 Å². The van der Waals surface area contributed by atoms with Gasteiger partial charge in [-0.15, -0.1) is 0 Å². The standard InChI is InChI=1S/C19H16ClN3O4S/c1-23-11-21-17-18(23)15-10-14(6-7-16(15)27-19(17)24)28(25,26)22-9-8-12-2-4-13(20)5-3-12/h2-7,10-11,22H,8-9H2,1H3. The Morgan fingerprint density at radius 3 is 2.68 bits per heavy atom. The molecule has 28 heavy (non-hydrogen) atoms. The smallest absolute Gasteiger partial charge is 0.364 e. The number of hydrogen-bond acceptors (Lipinski definition) is 5. The molecule has 144 valence electrons. The highest BCUT2D eigenvalue weighted by Crippen LogP contribution is 2.24. The van der Waals surface area contributed by atoms with E-state index in [0.717, 1.165) is 5.56 Å². The first-order valence-corrected chi connectivity index (χ1v) is 10.3. The maximum atomic E-state index is 12.7. The van der Waals surface area contributed by atoms with Gasteiger partial charge in [-0.2, -0.15) is 0 Å². The zero-order valence-corrected chi connectivity index (χ0v) is 16.4. The quantitative estimate of drug-likeness (QED) is 0.504. The van der Waals surface area contributed by atoms with Gasteiger partial charge in [-0.05, 0) is 42.3 Å². The van der Waals surface area contributed by atoms with E-state index >= 15 is 0 Å². The van der Waals surface area contributed by atoms with Crippen LogP contribution in [0.15, 0.2) is 62.9 Å². The molecular weight excluding hydrogens is 402 g/mol. The number of sulfonamides is 1. The van der Waals surface area contributed by atoms with E-state index in [1.807, 2.05) is 12.1 Å². The SMILES string of the molecule is Cn1cnc2c(=O)oc3ccc(S(=O)(=O)NCCc4ccc(Cl)cc4)cc3c21. The Balaban J connectivity index is 1.64. The minimum atomic E-state index is -3.73. The maximum absolute atomic E-state index is 12.7. The van der Waals surface area contributed by atoms with Crippen LogP contribution >= 0.6 is 11.6 Å². The summed E-state index contributed by atoms with van der Waals surface area (Å²) in [7, 11) is -1.99. The van der Waals surface area contributed by atoms with E-state index in [4.69, 9.17) is 16.0 Å². The van der Waals surface area contributed by atoms with Gasteiger partial charge in [-0.1, -0.05) is 23.7 Å². The largest absolute Gasteiger partial charge is 0.421 e. The molecule has 7 nitrogen and oxygen atoms in total. The van der Waals surface area contributed by atoms with E-state index < -0.39 is 15.6 Å². The average Bonchev–Trinajstić information content (AvgIpc) is 3.06. The number of imidazole rings is 1. The second-order valence-corrected chi connectivity index (χ2v) is 8.58. The molecule has 2 aromatic heterocycles. The summed E-state index contributed by atoms with van der Waals surface area (Å²) < 4.78 is 34.9. The van der Waals surface area contributed by atoms with Crippen LogP contribution in [0, 0.1) is 0 Å². The molecule has 1 N–H and O–H groups in total. The third-order valence-corrected chi connectivity index (χ3v) is 6.18. The van der Waals surface area contributed by atoms with Crippen LogP contribution in [0.5, 0.6) is 0 Å². The number of nitrogens with zero attached hydrogens (tertiary/aromatic N) is 2. The van der Waals surface area contributed by atoms with E-state index in [-0.39, 0.29) is 17.0 Å². The number of aryl methyl sites for hydroxylation is 1. The molecule has 2 aromatic carbocycles. The lowest BCUT2D eigenvalue weighted by molar-refractivity contribution is 0.567. The molecule has 0 saturated heterocycles. The number of aromatic nitrogens is 2. The van der Waals surface area contributed by atoms with E-state index in [2.05, 4.69) is 9.71 Å². The Kier molecular flexibility index (Phi) is 4.70. The van der Waals surface area contributed by atoms with Gasteiger partial charge in [0.1, 0.15) is 5.58 Å². The number of rotatable bonds is 5. The van der Waals surface area contributed by atoms with E-state index in [9.17, 15) is 13.2 Å². The minimum Gasteiger partial charge on any atom is -0.421 e. The first-order valence-electron chi connectivity index (χ1n) is 8.47. The molecule has 4 rings (SSSR count). The third kappa shape index (κ3) is 3.42. The third-order valence-electron chi connectivity index (χ3n) is 4.47. The topological polar surface area (TPSA) is 94.2 Å². The van der Waals surface area contributed by atoms with Crippen molar-refractivity contribution >= 4 is 43.6 Å². The molecule has 0 amide bonds. The fourth-order valence-electron chi connectivity index (χ4n) is 3.06. The van der Waals surface area contributed by atoms with Gasteiger partial charge in [-0.25, -0.2) is 22.9 Å². The van der Waals surface area contributed by atoms with Crippen LogP contribution in [0.1, 0.15) is 5.56 Å². The molecule has 0 fully saturated rings. The number of nitrogens with one attached hydrogen (secondary N) is 1. The van der Waals surface area contributed by atoms with Crippen molar-refractivity contribution in [3.8, 4) is 0 Å². The average molecular weight is 418 g/mol. The summed E-state index contributed by atoms with van der Waals surface area (Å²) in [5, 5.41) is 1.14. The van der Waals surface area contributed by atoms with Crippen LogP contribution in [0.2, 0.25) is 5.02 Å². The van der Waals surface area contributed by atoms with Crippen LogP contribution in [0.3, 0.4) is 0 Å². The molecule has 0 saturated carbocycles. The lowest BCUT2D eigenvalue weighted by Gasteiger charge is -2.08. The van der Waals surface area contributed by atoms with Gasteiger partial charge >= 0.3 is 5.63 Å². The van der Waals surface area contributed by atoms with Crippen molar-refractivity contribution in [3.63, 3.8) is 0 Å². The Morgan fingerprint density at radius 1 is 1.18 bits per heavy atom. The fraction of sp³-hybridized carbons (Fsp3) is 0.158. The minimum absolute atomic E-state index is 0.0902. The summed E-state index contributed by atoms with van der Waals surface area (Å²) in [6.07, 6.45) is 2.03. The molecular formula is C19H16ClN3O4S. The highest BCUT2D eigenvalue weighted by atomic mass is 35.5. The molecule has 2 heterocycles. The molecule has 0 radical (unpaired) electrons. The van der Waals surface area contributed by atoms with Crippen LogP contribution in [-0.4, -0.2) is 24.5 Å². The molecule has 9 heteroatoms. The van der Waals surface area contributed by atoms with Crippen LogP contribution < -0.4 is 10.3 Å². The molecule has 0 unspecified atom stereocenters. The fourth-order valence-corrected chi connectivity index (χ4v) is 4.24. The highest BCUT2D eigenvalue weighted by molar-refractivity contribution is 7.89. The Labute approximate surface area is 165 Å². The highest BCUT2D eigenvalue weighted by Gasteiger charge is 2.18. The second kappa shape index (κ2) is 7.05. The van der Waals surface area contributed by atoms with E-state index in [0.29, 0.717) is 27.9 Å². The summed E-state index contributed by atoms with van der Waals surface area (Å²) in [5.74, 6) is 0. The first kappa shape index (κ1) is 18.7. The lowest BCUT2D eigenvalue weighted by atomic mass is 10.2. The molecule has 0 bridgehead atoms. The summed E-state index contributed by atoms with van der Waals surface area (Å²) in [4.78, 5) is 16.1. The summed E-state index contributed by atoms with van der Waals surface area (Å²) in [6.45, 7) is 0.243. The summed E-state index contributed by atoms with van der Waals surface area (Å²) >= 11 is 5.86. The molecule has 0 spiro atoms. The van der Waals surface area contributed by atoms with Crippen molar-refractivity contribution in [2.24, 2.45) is 7.05 Å². The van der Waals surface area contributed by atoms with Gasteiger partial charge in [0.05, 0.1) is 16.7 Å². The van der Waals surface area contributed by atoms with Gasteiger partial charge in [0.25, 0.3) is 0 Å². The number of halogens is 1. The van der Waals surface area contributed by atoms with Crippen LogP contribution in [0.4, 0.5) is 0 Å². The summed E-state index contributed by atoms with van der Waals surface area (Å²) in [6, 6.07) is 11.6. The van der Waals surface area contributed by atoms with Crippen LogP contribution in [0.25, 0.3) is 22.0 Å². The van der Waals surface area contributed by atoms with Crippen molar-refractivity contribution in [1.29, 1.82) is 0 Å². The van der Waals surface area contributed by atoms with Crippen molar-refractivity contribution < 1.29 is 12.8 Å². The molecule has 0 aliphatic rings. The number of hydrogen-bond donors (Lipinski definition) is 1. The van der Waals surface area contributed by atoms with Crippen LogP contribution in [-0.2, 0) is 23.5 Å². The predicted molar refractivity (Wildman–Crippen MR) is 107 cm³/mol. The molecule has 0 aliphatic heterocycles. The predicted octanol–water partition coefficient (Wildman–Crippen LogP) is 2.85. The van der Waals surface area contributed by atoms with Crippen molar-refractivity contribution in [3.05, 3.63) is 69.8 Å². The maximum Gasteiger partial charge on any atom is 0.364 e. The first-order chi connectivity index (χ1) is 13.3. The van der Waals surface area contributed by atoms with E-state index in [1.165, 1.54) is 24.5 Å². The van der Waals surface area contributed by atoms with Gasteiger partial charge in [0.15, 0.2) is 5.52 Å². The molecule has 0 atom stereocenters. The van der Waals surface area contributed by atoms with Gasteiger partial charge in [0.2, 0.25) is 10.0 Å². The molecule has 0 aliphatic carbocycles. The van der Waals surface area contributed by atoms with Gasteiger partial charge < -0.3 is 8.98 Å².